The van der Waals surface area contributed by atoms with Crippen LogP contribution >= 0.6 is 0 Å². The Kier molecular flexibility index (Phi) is 1.89. The fraction of sp³-hybridized carbons (Fsp3) is 0.667. The first-order valence-electron chi connectivity index (χ1n) is 3.30. The molecule has 0 aromatic heterocycles. The van der Waals surface area contributed by atoms with Crippen LogP contribution in [0.25, 0.3) is 0 Å². The summed E-state index contributed by atoms with van der Waals surface area (Å²) < 4.78 is 0. The molecular formula is C6H11N3O. The maximum atomic E-state index is 10.6. The van der Waals surface area contributed by atoms with Crippen LogP contribution in [0.3, 0.4) is 0 Å². The zero-order valence-corrected chi connectivity index (χ0v) is 6.14. The van der Waals surface area contributed by atoms with E-state index in [4.69, 9.17) is 0 Å². The molecule has 56 valence electrons. The van der Waals surface area contributed by atoms with Crippen molar-refractivity contribution in [1.29, 1.82) is 0 Å². The number of amides is 1. The van der Waals surface area contributed by atoms with Gasteiger partial charge in [-0.05, 0) is 13.8 Å². The van der Waals surface area contributed by atoms with Crippen molar-refractivity contribution in [2.75, 3.05) is 0 Å². The molecule has 1 amide bonds. The fourth-order valence-electron chi connectivity index (χ4n) is 0.772. The van der Waals surface area contributed by atoms with Gasteiger partial charge in [0.05, 0.1) is 6.42 Å². The smallest absolute Gasteiger partial charge is 0.245 e. The second-order valence-corrected chi connectivity index (χ2v) is 2.52. The van der Waals surface area contributed by atoms with E-state index >= 15 is 0 Å². The predicted molar refractivity (Wildman–Crippen MR) is 38.5 cm³/mol. The molecule has 1 rings (SSSR count). The number of hydrogen-bond donors (Lipinski definition) is 2. The number of hydrazine groups is 1. The molecule has 0 saturated carbocycles. The van der Waals surface area contributed by atoms with Crippen LogP contribution in [-0.4, -0.2) is 17.8 Å². The van der Waals surface area contributed by atoms with E-state index in [0.717, 1.165) is 5.84 Å². The molecule has 1 fully saturated rings. The average molecular weight is 141 g/mol. The number of nitrogens with zero attached hydrogens (tertiary/aromatic N) is 1. The van der Waals surface area contributed by atoms with Gasteiger partial charge in [0.2, 0.25) is 5.91 Å². The van der Waals surface area contributed by atoms with E-state index < -0.39 is 0 Å². The monoisotopic (exact) mass is 141 g/mol. The van der Waals surface area contributed by atoms with Gasteiger partial charge in [-0.1, -0.05) is 0 Å². The second-order valence-electron chi connectivity index (χ2n) is 2.52. The Morgan fingerprint density at radius 3 is 2.60 bits per heavy atom. The van der Waals surface area contributed by atoms with E-state index in [9.17, 15) is 4.79 Å². The van der Waals surface area contributed by atoms with Crippen molar-refractivity contribution in [1.82, 2.24) is 10.9 Å². The molecule has 10 heavy (non-hydrogen) atoms. The minimum absolute atomic E-state index is 0.0144. The Bertz CT molecular complexity index is 174. The number of aliphatic imine (C=N–C) groups is 1. The molecule has 4 nitrogen and oxygen atoms in total. The zero-order valence-electron chi connectivity index (χ0n) is 6.14. The van der Waals surface area contributed by atoms with Crippen molar-refractivity contribution in [3.8, 4) is 0 Å². The van der Waals surface area contributed by atoms with Crippen LogP contribution in [0.5, 0.6) is 0 Å². The highest BCUT2D eigenvalue weighted by Gasteiger charge is 2.14. The van der Waals surface area contributed by atoms with Crippen molar-refractivity contribution in [2.24, 2.45) is 4.99 Å². The number of nitrogens with one attached hydrogen (secondary N) is 2. The third kappa shape index (κ3) is 1.72. The van der Waals surface area contributed by atoms with Crippen LogP contribution in [0.2, 0.25) is 0 Å². The van der Waals surface area contributed by atoms with E-state index in [1.54, 1.807) is 0 Å². The van der Waals surface area contributed by atoms with Gasteiger partial charge in [0.15, 0.2) is 0 Å². The van der Waals surface area contributed by atoms with Gasteiger partial charge in [-0.3, -0.25) is 20.6 Å². The van der Waals surface area contributed by atoms with Crippen LogP contribution < -0.4 is 10.9 Å². The number of hydrogen-bond acceptors (Lipinski definition) is 2. The van der Waals surface area contributed by atoms with E-state index in [-0.39, 0.29) is 11.9 Å². The molecule has 0 aliphatic carbocycles. The lowest BCUT2D eigenvalue weighted by molar-refractivity contribution is -0.119. The Hall–Kier alpha value is -1.06. The molecule has 4 heteroatoms. The van der Waals surface area contributed by atoms with Gasteiger partial charge >= 0.3 is 0 Å². The summed E-state index contributed by atoms with van der Waals surface area (Å²) in [6.07, 6.45) is 0.387. The molecule has 0 radical (unpaired) electrons. The fourth-order valence-corrected chi connectivity index (χ4v) is 0.772. The molecule has 1 heterocycles. The topological polar surface area (TPSA) is 53.5 Å². The summed E-state index contributed by atoms with van der Waals surface area (Å²) in [5, 5.41) is 0. The molecular weight excluding hydrogens is 130 g/mol. The van der Waals surface area contributed by atoms with E-state index in [1.807, 2.05) is 13.8 Å². The van der Waals surface area contributed by atoms with Crippen LogP contribution in [0.1, 0.15) is 20.3 Å². The van der Waals surface area contributed by atoms with Crippen LogP contribution in [0.4, 0.5) is 0 Å². The molecule has 1 aliphatic rings. The molecule has 1 saturated heterocycles. The SMILES string of the molecule is CC(C)N=C1CC(=O)NN1. The standard InChI is InChI=1S/C6H11N3O/c1-4(2)7-5-3-6(10)9-8-5/h4H,3H2,1-2H3,(H,7,8)(H,9,10). The molecule has 0 bridgehead atoms. The summed E-state index contributed by atoms with van der Waals surface area (Å²) in [4.78, 5) is 14.7. The van der Waals surface area contributed by atoms with Gasteiger partial charge in [0.1, 0.15) is 5.84 Å². The summed E-state index contributed by atoms with van der Waals surface area (Å²) in [6, 6.07) is 0.246. The molecule has 0 atom stereocenters. The highest BCUT2D eigenvalue weighted by Crippen LogP contribution is 1.94. The summed E-state index contributed by atoms with van der Waals surface area (Å²) in [5.74, 6) is 0.722. The van der Waals surface area contributed by atoms with E-state index in [1.165, 1.54) is 0 Å². The lowest BCUT2D eigenvalue weighted by atomic mass is 10.4. The maximum absolute atomic E-state index is 10.6. The van der Waals surface area contributed by atoms with Crippen molar-refractivity contribution in [3.63, 3.8) is 0 Å². The Morgan fingerprint density at radius 1 is 1.50 bits per heavy atom. The quantitative estimate of drug-likeness (QED) is 0.532. The van der Waals surface area contributed by atoms with E-state index in [0.29, 0.717) is 6.42 Å². The first kappa shape index (κ1) is 7.05. The van der Waals surface area contributed by atoms with Crippen LogP contribution in [0.15, 0.2) is 4.99 Å². The molecule has 0 spiro atoms. The predicted octanol–water partition coefficient (Wildman–Crippen LogP) is -0.182. The van der Waals surface area contributed by atoms with E-state index in [2.05, 4.69) is 15.8 Å². The first-order chi connectivity index (χ1) is 4.68. The van der Waals surface area contributed by atoms with Gasteiger partial charge in [0.25, 0.3) is 0 Å². The van der Waals surface area contributed by atoms with Crippen LogP contribution in [-0.2, 0) is 4.79 Å². The Morgan fingerprint density at radius 2 is 2.20 bits per heavy atom. The van der Waals surface area contributed by atoms with Crippen molar-refractivity contribution in [2.45, 2.75) is 26.3 Å². The minimum atomic E-state index is -0.0144. The number of rotatable bonds is 1. The minimum Gasteiger partial charge on any atom is -0.285 e. The molecule has 0 aromatic rings. The normalized spacial score (nSPS) is 21.5. The van der Waals surface area contributed by atoms with Crippen molar-refractivity contribution in [3.05, 3.63) is 0 Å². The molecule has 0 aromatic carbocycles. The van der Waals surface area contributed by atoms with Crippen molar-refractivity contribution >= 4 is 11.7 Å². The highest BCUT2D eigenvalue weighted by molar-refractivity contribution is 6.04. The van der Waals surface area contributed by atoms with Gasteiger partial charge in [-0.25, -0.2) is 0 Å². The summed E-state index contributed by atoms with van der Waals surface area (Å²) in [6.45, 7) is 3.94. The van der Waals surface area contributed by atoms with Gasteiger partial charge in [-0.15, -0.1) is 0 Å². The number of amidine groups is 1. The van der Waals surface area contributed by atoms with Gasteiger partial charge < -0.3 is 0 Å². The maximum Gasteiger partial charge on any atom is 0.245 e. The van der Waals surface area contributed by atoms with Crippen LogP contribution in [0, 0.1) is 0 Å². The summed E-state index contributed by atoms with van der Waals surface area (Å²) in [7, 11) is 0. The Balaban J connectivity index is 2.51. The first-order valence-corrected chi connectivity index (χ1v) is 3.30. The lowest BCUT2D eigenvalue weighted by Crippen LogP contribution is -2.28. The average Bonchev–Trinajstić information content (AvgIpc) is 2.13. The third-order valence-corrected chi connectivity index (χ3v) is 1.09. The number of carbonyl (C=O) groups is 1. The zero-order chi connectivity index (χ0) is 7.56. The largest absolute Gasteiger partial charge is 0.285 e. The molecule has 1 aliphatic heterocycles. The highest BCUT2D eigenvalue weighted by atomic mass is 16.2. The van der Waals surface area contributed by atoms with Gasteiger partial charge in [-0.2, -0.15) is 0 Å². The Labute approximate surface area is 59.7 Å². The third-order valence-electron chi connectivity index (χ3n) is 1.09. The summed E-state index contributed by atoms with van der Waals surface area (Å²) in [5.41, 5.74) is 5.14. The molecule has 0 unspecified atom stereocenters. The summed E-state index contributed by atoms with van der Waals surface area (Å²) >= 11 is 0. The molecule has 2 N–H and O–H groups in total. The second kappa shape index (κ2) is 2.68. The van der Waals surface area contributed by atoms with Crippen molar-refractivity contribution < 1.29 is 4.79 Å². The number of carbonyl (C=O) groups excluding carboxylic acids is 1. The lowest BCUT2D eigenvalue weighted by Gasteiger charge is -1.98. The van der Waals surface area contributed by atoms with Gasteiger partial charge in [0, 0.05) is 6.04 Å².